The first-order chi connectivity index (χ1) is 21.7. The molecule has 1 aromatic carbocycles. The third-order valence-electron chi connectivity index (χ3n) is 9.24. The average Bonchev–Trinajstić information content (AvgIpc) is 3.41. The van der Waals surface area contributed by atoms with Crippen LogP contribution in [0.25, 0.3) is 10.3 Å². The van der Waals surface area contributed by atoms with Crippen LogP contribution in [0.4, 0.5) is 5.69 Å². The highest BCUT2D eigenvalue weighted by Crippen LogP contribution is 2.38. The van der Waals surface area contributed by atoms with Crippen molar-refractivity contribution in [2.45, 2.75) is 77.7 Å². The SMILES string of the molecule is CN(C)S(=O)(=O)Nc1cccc([C@@H](CC[NH+]2CCC(O)CC2)CC(=O)c2nc3cc4c(nc3s2)CC[C@H](C(C)(C)C)C4)c1.O=CO. The van der Waals surface area contributed by atoms with Crippen molar-refractivity contribution in [1.82, 2.24) is 14.3 Å². The fraction of sp³-hybridized carbons (Fsp3) is 0.576. The van der Waals surface area contributed by atoms with Crippen LogP contribution in [0.2, 0.25) is 0 Å². The predicted molar refractivity (Wildman–Crippen MR) is 181 cm³/mol. The zero-order chi connectivity index (χ0) is 33.6. The van der Waals surface area contributed by atoms with Crippen molar-refractivity contribution in [2.75, 3.05) is 38.5 Å². The van der Waals surface area contributed by atoms with Crippen LogP contribution in [0.15, 0.2) is 30.3 Å². The quantitative estimate of drug-likeness (QED) is 0.188. The van der Waals surface area contributed by atoms with E-state index in [1.54, 1.807) is 6.07 Å². The first-order valence-electron chi connectivity index (χ1n) is 15.9. The summed E-state index contributed by atoms with van der Waals surface area (Å²) < 4.78 is 28.7. The monoisotopic (exact) mass is 674 g/mol. The number of rotatable bonds is 10. The molecule has 252 valence electrons. The Kier molecular flexibility index (Phi) is 11.9. The maximum absolute atomic E-state index is 13.8. The molecule has 3 aromatic rings. The first kappa shape index (κ1) is 35.9. The number of quaternary nitrogens is 1. The summed E-state index contributed by atoms with van der Waals surface area (Å²) in [7, 11) is -0.686. The Bertz CT molecular complexity index is 1610. The molecule has 2 atom stereocenters. The summed E-state index contributed by atoms with van der Waals surface area (Å²) in [4.78, 5) is 34.1. The number of hydrogen-bond acceptors (Lipinski definition) is 8. The highest BCUT2D eigenvalue weighted by Gasteiger charge is 2.30. The number of Topliss-reactive ketones (excluding diaryl/α,β-unsaturated/α-hetero) is 1. The number of likely N-dealkylation sites (tertiary alicyclic amines) is 1. The molecule has 1 fully saturated rings. The average molecular weight is 675 g/mol. The number of carbonyl (C=O) groups excluding carboxylic acids is 1. The van der Waals surface area contributed by atoms with E-state index in [9.17, 15) is 18.3 Å². The molecule has 4 N–H and O–H groups in total. The second kappa shape index (κ2) is 15.3. The van der Waals surface area contributed by atoms with E-state index in [0.717, 1.165) is 84.1 Å². The van der Waals surface area contributed by atoms with Gasteiger partial charge in [-0.15, -0.1) is 0 Å². The van der Waals surface area contributed by atoms with Gasteiger partial charge < -0.3 is 15.1 Å². The molecule has 5 rings (SSSR count). The van der Waals surface area contributed by atoms with E-state index in [4.69, 9.17) is 19.9 Å². The summed E-state index contributed by atoms with van der Waals surface area (Å²) in [5.74, 6) is 0.487. The van der Waals surface area contributed by atoms with Gasteiger partial charge in [-0.1, -0.05) is 44.2 Å². The zero-order valence-corrected chi connectivity index (χ0v) is 29.1. The molecule has 1 aliphatic heterocycles. The second-order valence-electron chi connectivity index (χ2n) is 13.7. The van der Waals surface area contributed by atoms with E-state index < -0.39 is 10.2 Å². The van der Waals surface area contributed by atoms with E-state index in [1.807, 2.05) is 18.2 Å². The van der Waals surface area contributed by atoms with Crippen molar-refractivity contribution in [2.24, 2.45) is 11.3 Å². The van der Waals surface area contributed by atoms with Crippen LogP contribution in [0.3, 0.4) is 0 Å². The minimum absolute atomic E-state index is 0.0121. The van der Waals surface area contributed by atoms with Gasteiger partial charge in [0.2, 0.25) is 0 Å². The van der Waals surface area contributed by atoms with Gasteiger partial charge >= 0.3 is 10.2 Å². The van der Waals surface area contributed by atoms with Crippen LogP contribution >= 0.6 is 11.3 Å². The number of pyridine rings is 1. The summed E-state index contributed by atoms with van der Waals surface area (Å²) in [6, 6.07) is 9.52. The van der Waals surface area contributed by atoms with Gasteiger partial charge in [-0.05, 0) is 65.8 Å². The molecule has 0 saturated carbocycles. The number of aryl methyl sites for hydroxylation is 1. The van der Waals surface area contributed by atoms with Crippen molar-refractivity contribution >= 4 is 49.8 Å². The van der Waals surface area contributed by atoms with Crippen LogP contribution in [-0.2, 0) is 27.8 Å². The Morgan fingerprint density at radius 1 is 1.17 bits per heavy atom. The third-order valence-corrected chi connectivity index (χ3v) is 11.7. The molecule has 0 spiro atoms. The molecule has 0 amide bonds. The number of aromatic nitrogens is 2. The van der Waals surface area contributed by atoms with Gasteiger partial charge in [-0.2, -0.15) is 12.7 Å². The summed E-state index contributed by atoms with van der Waals surface area (Å²) in [6.45, 7) is 9.35. The number of piperidine rings is 1. The standard InChI is InChI=1S/C32H45N5O4S2.CH2O2/c1-32(2,3)24-9-10-27-23(17-24)19-28-30(33-27)42-31(34-28)29(39)20-22(11-14-37-15-12-26(38)13-16-37)21-7-6-8-25(18-21)35-43(40,41)36(4)5;2-1-3/h6-8,18-19,22,24,26,35,38H,9-17,20H2,1-5H3;1H,(H,2,3)/p+1/t22-,24-;/m0./s1. The number of aliphatic hydroxyl groups excluding tert-OH is 1. The lowest BCUT2D eigenvalue weighted by atomic mass is 9.71. The number of nitrogens with one attached hydrogen (secondary N) is 2. The van der Waals surface area contributed by atoms with Crippen molar-refractivity contribution < 1.29 is 33.1 Å². The lowest BCUT2D eigenvalue weighted by Gasteiger charge is -2.34. The molecular formula is C33H48N5O6S2+. The number of benzene rings is 1. The normalized spacial score (nSPS) is 20.8. The van der Waals surface area contributed by atoms with E-state index in [2.05, 4.69) is 31.6 Å². The molecule has 0 radical (unpaired) electrons. The molecule has 0 bridgehead atoms. The third kappa shape index (κ3) is 9.31. The smallest absolute Gasteiger partial charge is 0.301 e. The van der Waals surface area contributed by atoms with Crippen LogP contribution in [0.5, 0.6) is 0 Å². The lowest BCUT2D eigenvalue weighted by molar-refractivity contribution is -0.906. The number of anilines is 1. The van der Waals surface area contributed by atoms with E-state index in [1.165, 1.54) is 35.9 Å². The Hall–Kier alpha value is -2.97. The van der Waals surface area contributed by atoms with E-state index in [-0.39, 0.29) is 36.1 Å². The van der Waals surface area contributed by atoms with Crippen molar-refractivity contribution in [3.63, 3.8) is 0 Å². The lowest BCUT2D eigenvalue weighted by Crippen LogP contribution is -3.13. The number of nitrogens with zero attached hydrogens (tertiary/aromatic N) is 3. The molecular weight excluding hydrogens is 627 g/mol. The highest BCUT2D eigenvalue weighted by molar-refractivity contribution is 7.90. The molecule has 2 aromatic heterocycles. The Labute approximate surface area is 276 Å². The van der Waals surface area contributed by atoms with Gasteiger partial charge in [0.1, 0.15) is 10.3 Å². The predicted octanol–water partition coefficient (Wildman–Crippen LogP) is 3.55. The van der Waals surface area contributed by atoms with Crippen molar-refractivity contribution in [1.29, 1.82) is 0 Å². The largest absolute Gasteiger partial charge is 0.483 e. The van der Waals surface area contributed by atoms with Crippen LogP contribution in [0.1, 0.15) is 85.4 Å². The molecule has 0 unspecified atom stereocenters. The van der Waals surface area contributed by atoms with Crippen LogP contribution in [-0.4, -0.2) is 85.0 Å². The molecule has 46 heavy (non-hydrogen) atoms. The Morgan fingerprint density at radius 2 is 1.87 bits per heavy atom. The minimum atomic E-state index is -3.65. The number of aliphatic hydroxyl groups is 1. The maximum Gasteiger partial charge on any atom is 0.301 e. The topological polar surface area (TPSA) is 154 Å². The van der Waals surface area contributed by atoms with Gasteiger partial charge in [0.05, 0.1) is 31.4 Å². The van der Waals surface area contributed by atoms with E-state index in [0.29, 0.717) is 16.6 Å². The first-order valence-corrected chi connectivity index (χ1v) is 18.2. The molecule has 1 saturated heterocycles. The molecule has 2 aliphatic rings. The maximum atomic E-state index is 13.8. The van der Waals surface area contributed by atoms with Crippen molar-refractivity contribution in [3.05, 3.63) is 52.2 Å². The van der Waals surface area contributed by atoms with Gasteiger partial charge in [-0.3, -0.25) is 14.3 Å². The van der Waals surface area contributed by atoms with Gasteiger partial charge in [-0.25, -0.2) is 9.97 Å². The zero-order valence-electron chi connectivity index (χ0n) is 27.5. The Morgan fingerprint density at radius 3 is 2.52 bits per heavy atom. The highest BCUT2D eigenvalue weighted by atomic mass is 32.2. The summed E-state index contributed by atoms with van der Waals surface area (Å²) in [5.41, 5.74) is 4.83. The van der Waals surface area contributed by atoms with Crippen LogP contribution in [0, 0.1) is 11.3 Å². The Balaban J connectivity index is 0.00000154. The fourth-order valence-corrected chi connectivity index (χ4v) is 7.80. The molecule has 1 aliphatic carbocycles. The second-order valence-corrected chi connectivity index (χ2v) is 16.6. The fourth-order valence-electron chi connectivity index (χ4n) is 6.30. The number of ketones is 1. The number of carbonyl (C=O) groups is 2. The number of thiazole rings is 1. The summed E-state index contributed by atoms with van der Waals surface area (Å²) in [6.07, 6.45) is 5.50. The number of hydrogen-bond donors (Lipinski definition) is 4. The molecule has 11 nitrogen and oxygen atoms in total. The van der Waals surface area contributed by atoms with E-state index >= 15 is 0 Å². The summed E-state index contributed by atoms with van der Waals surface area (Å²) >= 11 is 1.38. The number of fused-ring (bicyclic) bond motifs is 2. The van der Waals surface area contributed by atoms with Crippen LogP contribution < -0.4 is 9.62 Å². The summed E-state index contributed by atoms with van der Waals surface area (Å²) in [5, 5.41) is 17.3. The molecule has 13 heteroatoms. The van der Waals surface area contributed by atoms with Gasteiger partial charge in [0, 0.05) is 45.5 Å². The van der Waals surface area contributed by atoms with Gasteiger partial charge in [0.15, 0.2) is 10.8 Å². The minimum Gasteiger partial charge on any atom is -0.483 e. The van der Waals surface area contributed by atoms with Gasteiger partial charge in [0.25, 0.3) is 6.47 Å². The number of carboxylic acid groups (broad SMARTS) is 1. The molecule has 3 heterocycles. The van der Waals surface area contributed by atoms with Crippen molar-refractivity contribution in [3.8, 4) is 0 Å².